The SMILES string of the molecule is CCC(CC(=O)O)N1CCOC(C)C1. The van der Waals surface area contributed by atoms with Crippen LogP contribution in [0.4, 0.5) is 0 Å². The number of morpholine rings is 1. The molecular formula is C10H19NO3. The third kappa shape index (κ3) is 3.27. The zero-order chi connectivity index (χ0) is 10.6. The lowest BCUT2D eigenvalue weighted by atomic mass is 10.1. The molecule has 2 atom stereocenters. The van der Waals surface area contributed by atoms with E-state index in [1.807, 2.05) is 13.8 Å². The number of ether oxygens (including phenoxy) is 1. The largest absolute Gasteiger partial charge is 0.481 e. The summed E-state index contributed by atoms with van der Waals surface area (Å²) in [6.07, 6.45) is 1.36. The second kappa shape index (κ2) is 5.32. The van der Waals surface area contributed by atoms with Gasteiger partial charge in [0.25, 0.3) is 0 Å². The van der Waals surface area contributed by atoms with Crippen LogP contribution in [0.1, 0.15) is 26.7 Å². The van der Waals surface area contributed by atoms with Gasteiger partial charge in [-0.3, -0.25) is 9.69 Å². The van der Waals surface area contributed by atoms with Crippen molar-refractivity contribution < 1.29 is 14.6 Å². The van der Waals surface area contributed by atoms with Gasteiger partial charge in [-0.15, -0.1) is 0 Å². The first-order valence-electron chi connectivity index (χ1n) is 5.21. The molecule has 14 heavy (non-hydrogen) atoms. The zero-order valence-electron chi connectivity index (χ0n) is 8.90. The molecule has 0 aromatic heterocycles. The Morgan fingerprint density at radius 3 is 2.93 bits per heavy atom. The van der Waals surface area contributed by atoms with Crippen molar-refractivity contribution in [3.05, 3.63) is 0 Å². The average Bonchev–Trinajstić information content (AvgIpc) is 2.14. The molecule has 1 rings (SSSR count). The van der Waals surface area contributed by atoms with E-state index in [1.165, 1.54) is 0 Å². The van der Waals surface area contributed by atoms with E-state index in [0.717, 1.165) is 26.1 Å². The number of carboxylic acid groups (broad SMARTS) is 1. The summed E-state index contributed by atoms with van der Waals surface area (Å²) in [6, 6.07) is 0.166. The lowest BCUT2D eigenvalue weighted by Gasteiger charge is -2.36. The van der Waals surface area contributed by atoms with Crippen LogP contribution >= 0.6 is 0 Å². The van der Waals surface area contributed by atoms with Crippen molar-refractivity contribution in [2.45, 2.75) is 38.8 Å². The number of rotatable bonds is 4. The highest BCUT2D eigenvalue weighted by molar-refractivity contribution is 5.67. The number of carbonyl (C=O) groups is 1. The number of hydrogen-bond acceptors (Lipinski definition) is 3. The maximum Gasteiger partial charge on any atom is 0.304 e. The van der Waals surface area contributed by atoms with Crippen molar-refractivity contribution in [1.82, 2.24) is 4.90 Å². The van der Waals surface area contributed by atoms with E-state index in [0.29, 0.717) is 0 Å². The Bertz CT molecular complexity index is 196. The summed E-state index contributed by atoms with van der Waals surface area (Å²) in [7, 11) is 0. The minimum Gasteiger partial charge on any atom is -0.481 e. The van der Waals surface area contributed by atoms with Crippen LogP contribution < -0.4 is 0 Å². The van der Waals surface area contributed by atoms with E-state index in [4.69, 9.17) is 9.84 Å². The molecule has 1 aliphatic rings. The van der Waals surface area contributed by atoms with E-state index in [1.54, 1.807) is 0 Å². The molecule has 0 aromatic carbocycles. The summed E-state index contributed by atoms with van der Waals surface area (Å²) in [5.41, 5.74) is 0. The van der Waals surface area contributed by atoms with E-state index in [2.05, 4.69) is 4.90 Å². The predicted molar refractivity (Wildman–Crippen MR) is 53.3 cm³/mol. The van der Waals surface area contributed by atoms with Crippen LogP contribution in [0.5, 0.6) is 0 Å². The smallest absolute Gasteiger partial charge is 0.304 e. The highest BCUT2D eigenvalue weighted by atomic mass is 16.5. The Kier molecular flexibility index (Phi) is 4.35. The minimum absolute atomic E-state index is 0.166. The second-order valence-corrected chi connectivity index (χ2v) is 3.84. The third-order valence-corrected chi connectivity index (χ3v) is 2.67. The molecule has 1 heterocycles. The molecule has 1 saturated heterocycles. The molecule has 82 valence electrons. The Hall–Kier alpha value is -0.610. The van der Waals surface area contributed by atoms with Gasteiger partial charge in [-0.2, -0.15) is 0 Å². The molecule has 1 aliphatic heterocycles. The van der Waals surface area contributed by atoms with E-state index < -0.39 is 5.97 Å². The summed E-state index contributed by atoms with van der Waals surface area (Å²) in [6.45, 7) is 6.49. The van der Waals surface area contributed by atoms with E-state index >= 15 is 0 Å². The van der Waals surface area contributed by atoms with Crippen molar-refractivity contribution in [2.24, 2.45) is 0 Å². The first kappa shape index (κ1) is 11.5. The van der Waals surface area contributed by atoms with Gasteiger partial charge in [0.1, 0.15) is 0 Å². The van der Waals surface area contributed by atoms with Crippen LogP contribution in [0.15, 0.2) is 0 Å². The Morgan fingerprint density at radius 2 is 2.43 bits per heavy atom. The number of aliphatic carboxylic acids is 1. The lowest BCUT2D eigenvalue weighted by Crippen LogP contribution is -2.47. The monoisotopic (exact) mass is 201 g/mol. The molecule has 0 amide bonds. The fourth-order valence-corrected chi connectivity index (χ4v) is 1.91. The third-order valence-electron chi connectivity index (χ3n) is 2.67. The van der Waals surface area contributed by atoms with Crippen LogP contribution in [0.3, 0.4) is 0 Å². The molecule has 4 nitrogen and oxygen atoms in total. The Balaban J connectivity index is 2.46. The Labute approximate surface area is 84.8 Å². The van der Waals surface area contributed by atoms with E-state index in [-0.39, 0.29) is 18.6 Å². The zero-order valence-corrected chi connectivity index (χ0v) is 8.90. The molecule has 1 fully saturated rings. The molecule has 4 heteroatoms. The van der Waals surface area contributed by atoms with Crippen LogP contribution in [0, 0.1) is 0 Å². The summed E-state index contributed by atoms with van der Waals surface area (Å²) >= 11 is 0. The molecule has 0 aromatic rings. The predicted octanol–water partition coefficient (Wildman–Crippen LogP) is 0.960. The minimum atomic E-state index is -0.712. The molecule has 0 aliphatic carbocycles. The van der Waals surface area contributed by atoms with Gasteiger partial charge in [-0.1, -0.05) is 6.92 Å². The molecule has 0 spiro atoms. The van der Waals surface area contributed by atoms with Crippen molar-refractivity contribution in [2.75, 3.05) is 19.7 Å². The maximum absolute atomic E-state index is 10.6. The standard InChI is InChI=1S/C10H19NO3/c1-3-9(6-10(12)13)11-4-5-14-8(2)7-11/h8-9H,3-7H2,1-2H3,(H,12,13). The number of nitrogens with zero attached hydrogens (tertiary/aromatic N) is 1. The summed E-state index contributed by atoms with van der Waals surface area (Å²) in [5, 5.41) is 8.75. The Morgan fingerprint density at radius 1 is 1.71 bits per heavy atom. The summed E-state index contributed by atoms with van der Waals surface area (Å²) in [4.78, 5) is 12.9. The fourth-order valence-electron chi connectivity index (χ4n) is 1.91. The van der Waals surface area contributed by atoms with Crippen LogP contribution in [-0.2, 0) is 9.53 Å². The highest BCUT2D eigenvalue weighted by Gasteiger charge is 2.24. The lowest BCUT2D eigenvalue weighted by molar-refractivity contribution is -0.139. The normalized spacial score (nSPS) is 26.0. The van der Waals surface area contributed by atoms with Crippen molar-refractivity contribution in [3.63, 3.8) is 0 Å². The average molecular weight is 201 g/mol. The van der Waals surface area contributed by atoms with Gasteiger partial charge in [0, 0.05) is 19.1 Å². The quantitative estimate of drug-likeness (QED) is 0.736. The van der Waals surface area contributed by atoms with Gasteiger partial charge in [-0.05, 0) is 13.3 Å². The first-order chi connectivity index (χ1) is 6.63. The van der Waals surface area contributed by atoms with Crippen LogP contribution in [0.25, 0.3) is 0 Å². The van der Waals surface area contributed by atoms with Crippen molar-refractivity contribution >= 4 is 5.97 Å². The van der Waals surface area contributed by atoms with E-state index in [9.17, 15) is 4.79 Å². The van der Waals surface area contributed by atoms with Gasteiger partial charge in [0.2, 0.25) is 0 Å². The second-order valence-electron chi connectivity index (χ2n) is 3.84. The summed E-state index contributed by atoms with van der Waals surface area (Å²) in [5.74, 6) is -0.712. The molecule has 0 saturated carbocycles. The summed E-state index contributed by atoms with van der Waals surface area (Å²) < 4.78 is 5.42. The van der Waals surface area contributed by atoms with Crippen LogP contribution in [0.2, 0.25) is 0 Å². The molecular weight excluding hydrogens is 182 g/mol. The molecule has 0 radical (unpaired) electrons. The highest BCUT2D eigenvalue weighted by Crippen LogP contribution is 2.13. The topological polar surface area (TPSA) is 49.8 Å². The molecule has 0 bridgehead atoms. The van der Waals surface area contributed by atoms with Gasteiger partial charge in [-0.25, -0.2) is 0 Å². The number of hydrogen-bond donors (Lipinski definition) is 1. The van der Waals surface area contributed by atoms with Gasteiger partial charge >= 0.3 is 5.97 Å². The van der Waals surface area contributed by atoms with Gasteiger partial charge < -0.3 is 9.84 Å². The number of carboxylic acids is 1. The van der Waals surface area contributed by atoms with Gasteiger partial charge in [0.15, 0.2) is 0 Å². The van der Waals surface area contributed by atoms with Crippen LogP contribution in [-0.4, -0.2) is 47.8 Å². The maximum atomic E-state index is 10.6. The molecule has 1 N–H and O–H groups in total. The van der Waals surface area contributed by atoms with Crippen molar-refractivity contribution in [3.8, 4) is 0 Å². The van der Waals surface area contributed by atoms with Crippen molar-refractivity contribution in [1.29, 1.82) is 0 Å². The molecule has 2 unspecified atom stereocenters. The fraction of sp³-hybridized carbons (Fsp3) is 0.900. The first-order valence-corrected chi connectivity index (χ1v) is 5.21. The van der Waals surface area contributed by atoms with Gasteiger partial charge in [0.05, 0.1) is 19.1 Å².